The Kier molecular flexibility index (Phi) is 8.51. The molecule has 0 heterocycles. The smallest absolute Gasteiger partial charge is 0.335 e. The lowest BCUT2D eigenvalue weighted by atomic mass is 9.46. The van der Waals surface area contributed by atoms with Crippen molar-refractivity contribution in [2.75, 3.05) is 0 Å². The molecule has 3 aromatic rings. The highest BCUT2D eigenvalue weighted by molar-refractivity contribution is 14.1. The molecule has 0 aromatic heterocycles. The number of halogens is 3. The lowest BCUT2D eigenvalue weighted by Gasteiger charge is -2.57. The third-order valence-electron chi connectivity index (χ3n) is 9.05. The lowest BCUT2D eigenvalue weighted by Crippen LogP contribution is -2.56. The van der Waals surface area contributed by atoms with Crippen molar-refractivity contribution in [1.29, 1.82) is 0 Å². The van der Waals surface area contributed by atoms with Gasteiger partial charge < -0.3 is 14.6 Å². The zero-order valence-corrected chi connectivity index (χ0v) is 27.9. The number of benzene rings is 3. The van der Waals surface area contributed by atoms with E-state index in [1.807, 2.05) is 24.3 Å². The van der Waals surface area contributed by atoms with E-state index >= 15 is 0 Å². The van der Waals surface area contributed by atoms with Crippen molar-refractivity contribution in [1.82, 2.24) is 0 Å². The van der Waals surface area contributed by atoms with E-state index < -0.39 is 57.3 Å². The van der Waals surface area contributed by atoms with Crippen LogP contribution in [-0.4, -0.2) is 36.0 Å². The summed E-state index contributed by atoms with van der Waals surface area (Å²) in [5, 5.41) is 9.20. The molecule has 2 N–H and O–H groups in total. The van der Waals surface area contributed by atoms with E-state index in [0.717, 1.165) is 55.0 Å². The van der Waals surface area contributed by atoms with E-state index in [1.54, 1.807) is 45.2 Å². The molecule has 13 heteroatoms. The van der Waals surface area contributed by atoms with Crippen LogP contribution >= 0.6 is 45.2 Å². The highest BCUT2D eigenvalue weighted by Crippen LogP contribution is 2.64. The number of hydrogen-bond donors (Lipinski definition) is 2. The zero-order valence-electron chi connectivity index (χ0n) is 22.8. The number of carboxylic acid groups (broad SMARTS) is 1. The molecule has 6 atom stereocenters. The van der Waals surface area contributed by atoms with Gasteiger partial charge in [-0.05, 0) is 111 Å². The topological polar surface area (TPSA) is 144 Å². The number of carbonyl (C=O) groups excluding carboxylic acids is 2. The zero-order chi connectivity index (χ0) is 31.5. The monoisotopic (exact) mass is 846 g/mol. The van der Waals surface area contributed by atoms with E-state index in [9.17, 15) is 36.9 Å². The van der Waals surface area contributed by atoms with E-state index in [2.05, 4.69) is 0 Å². The van der Waals surface area contributed by atoms with Crippen LogP contribution in [0.2, 0.25) is 0 Å². The van der Waals surface area contributed by atoms with Crippen LogP contribution in [-0.2, 0) is 19.7 Å². The average molecular weight is 846 g/mol. The first-order valence-corrected chi connectivity index (χ1v) is 17.5. The summed E-state index contributed by atoms with van der Waals surface area (Å²) in [6, 6.07) is 13.4. The minimum Gasteiger partial charge on any atom is -0.478 e. The van der Waals surface area contributed by atoms with Crippen LogP contribution in [0.3, 0.4) is 0 Å². The van der Waals surface area contributed by atoms with Crippen molar-refractivity contribution < 1.29 is 46.3 Å². The second-order valence-corrected chi connectivity index (χ2v) is 15.0. The minimum absolute atomic E-state index is 0.0496. The van der Waals surface area contributed by atoms with Gasteiger partial charge in [-0.2, -0.15) is 8.42 Å². The molecule has 230 valence electrons. The van der Waals surface area contributed by atoms with Crippen LogP contribution in [0.4, 0.5) is 4.39 Å². The van der Waals surface area contributed by atoms with Crippen molar-refractivity contribution in [2.24, 2.45) is 23.7 Å². The Morgan fingerprint density at radius 1 is 0.818 bits per heavy atom. The van der Waals surface area contributed by atoms with Gasteiger partial charge in [-0.15, -0.1) is 0 Å². The normalized spacial score (nSPS) is 25.5. The number of aromatic carboxylic acids is 1. The number of carboxylic acids is 1. The third kappa shape index (κ3) is 5.53. The van der Waals surface area contributed by atoms with Crippen molar-refractivity contribution in [3.63, 3.8) is 0 Å². The molecule has 0 amide bonds. The van der Waals surface area contributed by atoms with Crippen LogP contribution in [0.25, 0.3) is 0 Å². The maximum Gasteiger partial charge on any atom is 0.335 e. The summed E-state index contributed by atoms with van der Waals surface area (Å²) in [5.41, 5.74) is 1.62. The molecule has 3 aromatic carbocycles. The predicted molar refractivity (Wildman–Crippen MR) is 171 cm³/mol. The van der Waals surface area contributed by atoms with E-state index in [4.69, 9.17) is 9.47 Å². The Hall–Kier alpha value is -2.63. The van der Waals surface area contributed by atoms with Gasteiger partial charge in [-0.25, -0.2) is 9.18 Å². The Morgan fingerprint density at radius 2 is 1.34 bits per heavy atom. The standard InChI is InChI=1S/C31H25FI2O9S/c32-20-11-14(29(35)36)9-10-23(20)43-31(38)27-25-18-7-3-1-5-16(18)24(17-6-2-4-8-19(17)25)26(27)30(37)42-15-12-21(33)28(22(34)13-15)44(39,40)41/h1,3,5,7,9-13,17,19,24-27H,2,4,6,8H2,(H,35,36)(H,39,40,41). The summed E-state index contributed by atoms with van der Waals surface area (Å²) in [6.45, 7) is 0. The summed E-state index contributed by atoms with van der Waals surface area (Å²) >= 11 is 3.47. The van der Waals surface area contributed by atoms with Gasteiger partial charge >= 0.3 is 17.9 Å². The first-order valence-electron chi connectivity index (χ1n) is 13.9. The highest BCUT2D eigenvalue weighted by Gasteiger charge is 2.61. The Balaban J connectivity index is 1.41. The second kappa shape index (κ2) is 11.9. The van der Waals surface area contributed by atoms with Crippen molar-refractivity contribution in [3.05, 3.63) is 84.2 Å². The largest absolute Gasteiger partial charge is 0.478 e. The van der Waals surface area contributed by atoms with Gasteiger partial charge in [-0.3, -0.25) is 14.1 Å². The average Bonchev–Trinajstić information content (AvgIpc) is 2.96. The van der Waals surface area contributed by atoms with E-state index in [-0.39, 0.29) is 41.1 Å². The Bertz CT molecular complexity index is 1790. The molecule has 2 saturated carbocycles. The number of esters is 2. The number of carbonyl (C=O) groups is 3. The summed E-state index contributed by atoms with van der Waals surface area (Å²) < 4.78 is 60.0. The van der Waals surface area contributed by atoms with Gasteiger partial charge in [0.05, 0.1) is 17.4 Å². The number of rotatable bonds is 6. The van der Waals surface area contributed by atoms with Crippen molar-refractivity contribution >= 4 is 73.2 Å². The fourth-order valence-electron chi connectivity index (χ4n) is 7.53. The molecule has 4 aliphatic carbocycles. The molecule has 0 radical (unpaired) electrons. The lowest BCUT2D eigenvalue weighted by molar-refractivity contribution is -0.160. The molecule has 7 rings (SSSR count). The van der Waals surface area contributed by atoms with Crippen molar-refractivity contribution in [3.8, 4) is 11.5 Å². The van der Waals surface area contributed by atoms with Gasteiger partial charge in [0.2, 0.25) is 0 Å². The van der Waals surface area contributed by atoms with Crippen LogP contribution in [0.15, 0.2) is 59.5 Å². The SMILES string of the molecule is O=C(O)c1ccc(OC(=O)C2C(C(=O)Oc3cc(I)c(S(=O)(=O)O)c(I)c3)C3c4ccccc4C2C2CCCCC23)c(F)c1. The van der Waals surface area contributed by atoms with Gasteiger partial charge in [0.15, 0.2) is 11.6 Å². The maximum absolute atomic E-state index is 14.9. The summed E-state index contributed by atoms with van der Waals surface area (Å²) in [7, 11) is -4.52. The minimum atomic E-state index is -4.52. The highest BCUT2D eigenvalue weighted by atomic mass is 127. The molecule has 9 nitrogen and oxygen atoms in total. The first kappa shape index (κ1) is 31.4. The van der Waals surface area contributed by atoms with E-state index in [0.29, 0.717) is 0 Å². The van der Waals surface area contributed by atoms with Gasteiger partial charge in [0.1, 0.15) is 10.6 Å². The molecule has 2 fully saturated rings. The fraction of sp³-hybridized carbons (Fsp3) is 0.323. The number of ether oxygens (including phenoxy) is 2. The van der Waals surface area contributed by atoms with Crippen LogP contribution in [0.5, 0.6) is 11.5 Å². The van der Waals surface area contributed by atoms with Crippen molar-refractivity contribution in [2.45, 2.75) is 42.4 Å². The quantitative estimate of drug-likeness (QED) is 0.124. The second-order valence-electron chi connectivity index (χ2n) is 11.3. The molecular formula is C31H25FI2O9S. The molecule has 0 saturated heterocycles. The van der Waals surface area contributed by atoms with Crippen LogP contribution < -0.4 is 9.47 Å². The Morgan fingerprint density at radius 3 is 1.82 bits per heavy atom. The summed E-state index contributed by atoms with van der Waals surface area (Å²) in [6.07, 6.45) is 3.69. The summed E-state index contributed by atoms with van der Waals surface area (Å²) in [4.78, 5) is 39.2. The maximum atomic E-state index is 14.9. The predicted octanol–water partition coefficient (Wildman–Crippen LogP) is 6.42. The molecule has 44 heavy (non-hydrogen) atoms. The van der Waals surface area contributed by atoms with E-state index in [1.165, 1.54) is 12.1 Å². The van der Waals surface area contributed by atoms with Gasteiger partial charge in [0.25, 0.3) is 10.1 Å². The number of fused-ring (bicyclic) bond motifs is 1. The van der Waals surface area contributed by atoms with Gasteiger partial charge in [-0.1, -0.05) is 37.1 Å². The molecule has 6 unspecified atom stereocenters. The first-order chi connectivity index (χ1) is 20.9. The number of hydrogen-bond acceptors (Lipinski definition) is 7. The fourth-order valence-corrected chi connectivity index (χ4v) is 11.5. The molecule has 0 aliphatic heterocycles. The van der Waals surface area contributed by atoms with Crippen LogP contribution in [0, 0.1) is 36.6 Å². The molecule has 2 bridgehead atoms. The molecule has 0 spiro atoms. The van der Waals surface area contributed by atoms with Gasteiger partial charge in [0, 0.05) is 19.0 Å². The molecular weight excluding hydrogens is 821 g/mol. The summed E-state index contributed by atoms with van der Waals surface area (Å²) in [5.74, 6) is -6.81. The molecule has 4 aliphatic rings. The third-order valence-corrected chi connectivity index (χ3v) is 12.4. The Labute approximate surface area is 279 Å². The van der Waals surface area contributed by atoms with Crippen LogP contribution in [0.1, 0.15) is 59.0 Å².